The van der Waals surface area contributed by atoms with Gasteiger partial charge in [-0.3, -0.25) is 0 Å². The molecule has 90 valence electrons. The molecule has 0 aromatic rings. The molecule has 0 aromatic heterocycles. The summed E-state index contributed by atoms with van der Waals surface area (Å²) >= 11 is 4.29. The maximum Gasteiger partial charge on any atom is 0.000957 e. The zero-order valence-electron chi connectivity index (χ0n) is 10.6. The summed E-state index contributed by atoms with van der Waals surface area (Å²) in [5.74, 6) is 3.70. The predicted octanol–water partition coefficient (Wildman–Crippen LogP) is 3.31. The second kappa shape index (κ2) is 6.80. The van der Waals surface area contributed by atoms with E-state index in [1.54, 1.807) is 0 Å². The average molecular weight is 229 g/mol. The molecule has 0 saturated carbocycles. The number of rotatable bonds is 5. The third-order valence-corrected chi connectivity index (χ3v) is 4.24. The first-order valence-corrected chi connectivity index (χ1v) is 7.10. The number of nitrogens with zero attached hydrogens (tertiary/aromatic N) is 1. The second-order valence-electron chi connectivity index (χ2n) is 5.45. The monoisotopic (exact) mass is 229 g/mol. The fourth-order valence-electron chi connectivity index (χ4n) is 2.32. The van der Waals surface area contributed by atoms with Crippen molar-refractivity contribution in [3.63, 3.8) is 0 Å². The van der Waals surface area contributed by atoms with Crippen molar-refractivity contribution in [1.82, 2.24) is 4.90 Å². The van der Waals surface area contributed by atoms with Crippen molar-refractivity contribution in [2.45, 2.75) is 40.0 Å². The van der Waals surface area contributed by atoms with E-state index in [2.05, 4.69) is 38.3 Å². The van der Waals surface area contributed by atoms with Crippen LogP contribution in [0.15, 0.2) is 0 Å². The van der Waals surface area contributed by atoms with E-state index in [4.69, 9.17) is 0 Å². The number of piperidine rings is 1. The summed E-state index contributed by atoms with van der Waals surface area (Å²) in [5, 5.41) is 0. The molecule has 0 N–H and O–H groups in total. The average Bonchev–Trinajstić information content (AvgIpc) is 2.20. The van der Waals surface area contributed by atoms with Crippen molar-refractivity contribution >= 4 is 12.6 Å². The van der Waals surface area contributed by atoms with E-state index >= 15 is 0 Å². The summed E-state index contributed by atoms with van der Waals surface area (Å²) in [5.41, 5.74) is 0. The van der Waals surface area contributed by atoms with Crippen molar-refractivity contribution in [3.8, 4) is 0 Å². The van der Waals surface area contributed by atoms with Crippen molar-refractivity contribution in [2.24, 2.45) is 17.8 Å². The molecule has 0 amide bonds. The van der Waals surface area contributed by atoms with Crippen molar-refractivity contribution in [3.05, 3.63) is 0 Å². The molecule has 0 aromatic carbocycles. The maximum atomic E-state index is 4.29. The number of thiol groups is 1. The van der Waals surface area contributed by atoms with E-state index in [1.807, 2.05) is 0 Å². The van der Waals surface area contributed by atoms with Crippen LogP contribution < -0.4 is 0 Å². The van der Waals surface area contributed by atoms with Gasteiger partial charge in [-0.1, -0.05) is 20.8 Å². The zero-order valence-corrected chi connectivity index (χ0v) is 11.5. The van der Waals surface area contributed by atoms with Gasteiger partial charge in [-0.2, -0.15) is 12.6 Å². The Kier molecular flexibility index (Phi) is 6.06. The molecule has 0 bridgehead atoms. The summed E-state index contributed by atoms with van der Waals surface area (Å²) in [7, 11) is 0. The molecule has 1 saturated heterocycles. The highest BCUT2D eigenvalue weighted by Crippen LogP contribution is 2.23. The van der Waals surface area contributed by atoms with Crippen molar-refractivity contribution in [2.75, 3.05) is 25.4 Å². The normalized spacial score (nSPS) is 30.4. The van der Waals surface area contributed by atoms with E-state index in [-0.39, 0.29) is 0 Å². The Morgan fingerprint density at radius 1 is 1.27 bits per heavy atom. The molecule has 3 unspecified atom stereocenters. The van der Waals surface area contributed by atoms with Crippen LogP contribution in [0.1, 0.15) is 40.0 Å². The van der Waals surface area contributed by atoms with Gasteiger partial charge in [-0.15, -0.1) is 0 Å². The van der Waals surface area contributed by atoms with Gasteiger partial charge in [-0.05, 0) is 55.9 Å². The first-order valence-electron chi connectivity index (χ1n) is 6.46. The Morgan fingerprint density at radius 2 is 2.00 bits per heavy atom. The molecule has 1 fully saturated rings. The Labute approximate surface area is 101 Å². The Morgan fingerprint density at radius 3 is 2.60 bits per heavy atom. The van der Waals surface area contributed by atoms with Crippen molar-refractivity contribution in [1.29, 1.82) is 0 Å². The quantitative estimate of drug-likeness (QED) is 0.708. The van der Waals surface area contributed by atoms with E-state index in [0.29, 0.717) is 0 Å². The molecule has 0 radical (unpaired) electrons. The van der Waals surface area contributed by atoms with Crippen molar-refractivity contribution < 1.29 is 0 Å². The first-order chi connectivity index (χ1) is 7.13. The van der Waals surface area contributed by atoms with Crippen LogP contribution in [0, 0.1) is 17.8 Å². The molecule has 1 nitrogen and oxygen atoms in total. The summed E-state index contributed by atoms with van der Waals surface area (Å²) in [6, 6.07) is 0. The van der Waals surface area contributed by atoms with Gasteiger partial charge in [0, 0.05) is 6.54 Å². The lowest BCUT2D eigenvalue weighted by Gasteiger charge is -2.35. The van der Waals surface area contributed by atoms with E-state index in [0.717, 1.165) is 23.5 Å². The molecule has 1 aliphatic rings. The third kappa shape index (κ3) is 4.78. The van der Waals surface area contributed by atoms with Gasteiger partial charge in [0.05, 0.1) is 0 Å². The van der Waals surface area contributed by atoms with Gasteiger partial charge in [-0.25, -0.2) is 0 Å². The second-order valence-corrected chi connectivity index (χ2v) is 5.90. The van der Waals surface area contributed by atoms with Crippen LogP contribution in [-0.2, 0) is 0 Å². The van der Waals surface area contributed by atoms with Crippen LogP contribution in [0.5, 0.6) is 0 Å². The molecule has 1 aliphatic heterocycles. The fourth-order valence-corrected chi connectivity index (χ4v) is 2.76. The van der Waals surface area contributed by atoms with Crippen LogP contribution in [0.2, 0.25) is 0 Å². The Bertz CT molecular complexity index is 172. The number of hydrogen-bond acceptors (Lipinski definition) is 2. The fraction of sp³-hybridized carbons (Fsp3) is 1.00. The summed E-state index contributed by atoms with van der Waals surface area (Å²) in [4.78, 5) is 2.65. The molecule has 0 aliphatic carbocycles. The molecule has 1 heterocycles. The van der Waals surface area contributed by atoms with Crippen LogP contribution in [0.25, 0.3) is 0 Å². The molecule has 15 heavy (non-hydrogen) atoms. The smallest absolute Gasteiger partial charge is 0.000957 e. The van der Waals surface area contributed by atoms with Gasteiger partial charge >= 0.3 is 0 Å². The molecule has 0 spiro atoms. The Hall–Kier alpha value is 0.310. The minimum absolute atomic E-state index is 0.845. The Balaban J connectivity index is 2.16. The SMILES string of the molecule is CC(CCS)CCN1CCC(C)C(C)C1. The molecule has 2 heteroatoms. The van der Waals surface area contributed by atoms with Gasteiger partial charge in [0.1, 0.15) is 0 Å². The predicted molar refractivity (Wildman–Crippen MR) is 71.6 cm³/mol. The topological polar surface area (TPSA) is 3.24 Å². The molecule has 3 atom stereocenters. The lowest BCUT2D eigenvalue weighted by atomic mass is 9.88. The molecule has 1 rings (SSSR count). The van der Waals surface area contributed by atoms with Gasteiger partial charge in [0.2, 0.25) is 0 Å². The van der Waals surface area contributed by atoms with Gasteiger partial charge in [0.15, 0.2) is 0 Å². The van der Waals surface area contributed by atoms with Crippen LogP contribution in [0.3, 0.4) is 0 Å². The highest BCUT2D eigenvalue weighted by molar-refractivity contribution is 7.80. The molecular weight excluding hydrogens is 202 g/mol. The van der Waals surface area contributed by atoms with Gasteiger partial charge in [0.25, 0.3) is 0 Å². The van der Waals surface area contributed by atoms with Crippen LogP contribution in [-0.4, -0.2) is 30.3 Å². The van der Waals surface area contributed by atoms with E-state index in [1.165, 1.54) is 38.9 Å². The highest BCUT2D eigenvalue weighted by atomic mass is 32.1. The number of hydrogen-bond donors (Lipinski definition) is 1. The summed E-state index contributed by atoms with van der Waals surface area (Å²) < 4.78 is 0. The van der Waals surface area contributed by atoms with E-state index in [9.17, 15) is 0 Å². The third-order valence-electron chi connectivity index (χ3n) is 3.98. The summed E-state index contributed by atoms with van der Waals surface area (Å²) in [6.07, 6.45) is 4.01. The van der Waals surface area contributed by atoms with Crippen LogP contribution >= 0.6 is 12.6 Å². The lowest BCUT2D eigenvalue weighted by Crippen LogP contribution is -2.39. The molecular formula is C13H27NS. The minimum Gasteiger partial charge on any atom is -0.303 e. The standard InChI is InChI=1S/C13H27NS/c1-11(6-9-15)4-7-14-8-5-12(2)13(3)10-14/h11-13,15H,4-10H2,1-3H3. The maximum absolute atomic E-state index is 4.29. The first kappa shape index (κ1) is 13.4. The minimum atomic E-state index is 0.845. The largest absolute Gasteiger partial charge is 0.303 e. The van der Waals surface area contributed by atoms with Gasteiger partial charge < -0.3 is 4.90 Å². The number of likely N-dealkylation sites (tertiary alicyclic amines) is 1. The van der Waals surface area contributed by atoms with E-state index < -0.39 is 0 Å². The van der Waals surface area contributed by atoms with Crippen LogP contribution in [0.4, 0.5) is 0 Å². The summed E-state index contributed by atoms with van der Waals surface area (Å²) in [6.45, 7) is 11.1. The lowest BCUT2D eigenvalue weighted by molar-refractivity contribution is 0.132. The zero-order chi connectivity index (χ0) is 11.3. The highest BCUT2D eigenvalue weighted by Gasteiger charge is 2.22.